The summed E-state index contributed by atoms with van der Waals surface area (Å²) in [6.45, 7) is 3.85. The first-order valence-electron chi connectivity index (χ1n) is 7.73. The summed E-state index contributed by atoms with van der Waals surface area (Å²) in [7, 11) is 0. The van der Waals surface area contributed by atoms with Crippen LogP contribution in [-0.2, 0) is 17.6 Å². The number of aromatic amines is 1. The highest BCUT2D eigenvalue weighted by Gasteiger charge is 2.21. The number of aromatic nitrogens is 2. The zero-order valence-electron chi connectivity index (χ0n) is 13.3. The molecule has 122 valence electrons. The molecule has 0 radical (unpaired) electrons. The topological polar surface area (TPSA) is 67.0 Å². The van der Waals surface area contributed by atoms with Gasteiger partial charge < -0.3 is 10.1 Å². The number of aryl methyl sites for hydroxylation is 3. The maximum atomic E-state index is 12.1. The van der Waals surface area contributed by atoms with Crippen molar-refractivity contribution in [1.82, 2.24) is 15.5 Å². The maximum Gasteiger partial charge on any atom is 0.258 e. The van der Waals surface area contributed by atoms with E-state index in [9.17, 15) is 4.79 Å². The molecule has 1 heterocycles. The van der Waals surface area contributed by atoms with Crippen LogP contribution in [0.5, 0.6) is 5.75 Å². The molecule has 1 aromatic carbocycles. The molecule has 23 heavy (non-hydrogen) atoms. The highest BCUT2D eigenvalue weighted by Crippen LogP contribution is 2.25. The summed E-state index contributed by atoms with van der Waals surface area (Å²) in [4.78, 5) is 12.1. The molecule has 0 aliphatic heterocycles. The summed E-state index contributed by atoms with van der Waals surface area (Å²) in [6.07, 6.45) is 4.52. The van der Waals surface area contributed by atoms with Gasteiger partial charge in [0.1, 0.15) is 5.75 Å². The van der Waals surface area contributed by atoms with E-state index in [0.29, 0.717) is 5.75 Å². The average molecular weight is 334 g/mol. The number of nitrogens with zero attached hydrogens (tertiary/aromatic N) is 1. The van der Waals surface area contributed by atoms with Gasteiger partial charge in [0.15, 0.2) is 6.61 Å². The van der Waals surface area contributed by atoms with E-state index < -0.39 is 0 Å². The number of carbonyl (C=O) groups is 1. The van der Waals surface area contributed by atoms with Crippen molar-refractivity contribution >= 4 is 17.5 Å². The molecule has 5 nitrogen and oxygen atoms in total. The van der Waals surface area contributed by atoms with E-state index in [1.165, 1.54) is 5.56 Å². The van der Waals surface area contributed by atoms with E-state index in [-0.39, 0.29) is 18.6 Å². The van der Waals surface area contributed by atoms with Crippen molar-refractivity contribution in [2.75, 3.05) is 6.61 Å². The van der Waals surface area contributed by atoms with Crippen molar-refractivity contribution in [2.24, 2.45) is 0 Å². The van der Waals surface area contributed by atoms with Crippen molar-refractivity contribution in [1.29, 1.82) is 0 Å². The zero-order chi connectivity index (χ0) is 16.4. The molecule has 3 rings (SSSR count). The van der Waals surface area contributed by atoms with Gasteiger partial charge in [0, 0.05) is 23.2 Å². The van der Waals surface area contributed by atoms with Gasteiger partial charge in [0.2, 0.25) is 0 Å². The normalized spacial score (nSPS) is 16.7. The van der Waals surface area contributed by atoms with E-state index in [4.69, 9.17) is 16.3 Å². The van der Waals surface area contributed by atoms with Crippen molar-refractivity contribution < 1.29 is 9.53 Å². The second-order valence-electron chi connectivity index (χ2n) is 6.04. The van der Waals surface area contributed by atoms with Gasteiger partial charge in [0.05, 0.1) is 6.20 Å². The minimum absolute atomic E-state index is 0.00679. The molecule has 1 aliphatic rings. The molecular weight excluding hydrogens is 314 g/mol. The van der Waals surface area contributed by atoms with Crippen LogP contribution < -0.4 is 10.1 Å². The molecule has 0 bridgehead atoms. The quantitative estimate of drug-likeness (QED) is 0.904. The van der Waals surface area contributed by atoms with E-state index in [0.717, 1.165) is 41.1 Å². The minimum atomic E-state index is -0.108. The van der Waals surface area contributed by atoms with Crippen LogP contribution >= 0.6 is 11.6 Å². The Morgan fingerprint density at radius 2 is 2.17 bits per heavy atom. The molecule has 1 aliphatic carbocycles. The number of ether oxygens (including phenoxy) is 1. The molecule has 2 N–H and O–H groups in total. The minimum Gasteiger partial charge on any atom is -0.484 e. The summed E-state index contributed by atoms with van der Waals surface area (Å²) in [5, 5.41) is 10.8. The van der Waals surface area contributed by atoms with E-state index in [2.05, 4.69) is 15.5 Å². The molecule has 0 saturated heterocycles. The van der Waals surface area contributed by atoms with Crippen LogP contribution in [0.15, 0.2) is 18.3 Å². The van der Waals surface area contributed by atoms with Crippen LogP contribution in [0.25, 0.3) is 0 Å². The van der Waals surface area contributed by atoms with Gasteiger partial charge in [-0.05, 0) is 55.5 Å². The summed E-state index contributed by atoms with van der Waals surface area (Å²) in [5.41, 5.74) is 4.26. The number of benzene rings is 1. The van der Waals surface area contributed by atoms with Gasteiger partial charge in [-0.15, -0.1) is 0 Å². The van der Waals surface area contributed by atoms with Gasteiger partial charge in [-0.1, -0.05) is 11.6 Å². The average Bonchev–Trinajstić information content (AvgIpc) is 2.98. The number of amides is 1. The van der Waals surface area contributed by atoms with Crippen molar-refractivity contribution in [2.45, 2.75) is 39.2 Å². The summed E-state index contributed by atoms with van der Waals surface area (Å²) in [6, 6.07) is 3.83. The second kappa shape index (κ2) is 6.62. The van der Waals surface area contributed by atoms with Crippen molar-refractivity contribution in [3.05, 3.63) is 45.7 Å². The number of nitrogens with one attached hydrogen (secondary N) is 2. The third-order valence-electron chi connectivity index (χ3n) is 4.17. The predicted molar refractivity (Wildman–Crippen MR) is 89.0 cm³/mol. The van der Waals surface area contributed by atoms with Gasteiger partial charge in [-0.3, -0.25) is 9.89 Å². The highest BCUT2D eigenvalue weighted by atomic mass is 35.5. The van der Waals surface area contributed by atoms with Crippen LogP contribution in [-0.4, -0.2) is 28.8 Å². The fraction of sp³-hybridized carbons (Fsp3) is 0.412. The number of H-pyrrole nitrogens is 1. The van der Waals surface area contributed by atoms with Crippen LogP contribution in [0.1, 0.15) is 28.8 Å². The number of hydrogen-bond acceptors (Lipinski definition) is 3. The van der Waals surface area contributed by atoms with Crippen LogP contribution in [0.2, 0.25) is 5.02 Å². The summed E-state index contributed by atoms with van der Waals surface area (Å²) < 4.78 is 5.59. The largest absolute Gasteiger partial charge is 0.484 e. The van der Waals surface area contributed by atoms with Crippen LogP contribution in [0, 0.1) is 13.8 Å². The molecule has 1 aromatic heterocycles. The van der Waals surface area contributed by atoms with Crippen LogP contribution in [0.4, 0.5) is 0 Å². The third kappa shape index (κ3) is 3.67. The Balaban J connectivity index is 1.52. The Morgan fingerprint density at radius 1 is 1.43 bits per heavy atom. The van der Waals surface area contributed by atoms with Gasteiger partial charge in [0.25, 0.3) is 5.91 Å². The lowest BCUT2D eigenvalue weighted by molar-refractivity contribution is -0.123. The number of halogens is 1. The number of hydrogen-bond donors (Lipinski definition) is 2. The Kier molecular flexibility index (Phi) is 4.57. The van der Waals surface area contributed by atoms with Gasteiger partial charge in [-0.2, -0.15) is 5.10 Å². The first kappa shape index (κ1) is 15.9. The predicted octanol–water partition coefficient (Wildman–Crippen LogP) is 2.73. The SMILES string of the molecule is Cc1cc(OCC(=O)NC2CCc3cn[nH]c3C2)cc(C)c1Cl. The molecule has 0 fully saturated rings. The molecule has 6 heteroatoms. The Labute approximate surface area is 140 Å². The highest BCUT2D eigenvalue weighted by molar-refractivity contribution is 6.32. The monoisotopic (exact) mass is 333 g/mol. The molecule has 0 saturated carbocycles. The van der Waals surface area contributed by atoms with Gasteiger partial charge >= 0.3 is 0 Å². The molecule has 0 spiro atoms. The zero-order valence-corrected chi connectivity index (χ0v) is 14.0. The molecule has 2 aromatic rings. The fourth-order valence-corrected chi connectivity index (χ4v) is 3.05. The number of fused-ring (bicyclic) bond motifs is 1. The first-order chi connectivity index (χ1) is 11.0. The lowest BCUT2D eigenvalue weighted by Gasteiger charge is -2.22. The Morgan fingerprint density at radius 3 is 2.91 bits per heavy atom. The Bertz CT molecular complexity index is 703. The second-order valence-corrected chi connectivity index (χ2v) is 6.42. The maximum absolute atomic E-state index is 12.1. The molecule has 1 unspecified atom stereocenters. The molecule has 1 amide bonds. The lowest BCUT2D eigenvalue weighted by atomic mass is 9.94. The summed E-state index contributed by atoms with van der Waals surface area (Å²) in [5.74, 6) is 0.558. The van der Waals surface area contributed by atoms with E-state index in [1.807, 2.05) is 32.2 Å². The molecule has 1 atom stereocenters. The smallest absolute Gasteiger partial charge is 0.258 e. The third-order valence-corrected chi connectivity index (χ3v) is 4.76. The van der Waals surface area contributed by atoms with Crippen molar-refractivity contribution in [3.63, 3.8) is 0 Å². The first-order valence-corrected chi connectivity index (χ1v) is 8.10. The number of rotatable bonds is 4. The molecular formula is C17H20ClN3O2. The standard InChI is InChI=1S/C17H20ClN3O2/c1-10-5-14(6-11(2)17(10)18)23-9-16(22)20-13-4-3-12-8-19-21-15(12)7-13/h5-6,8,13H,3-4,7,9H2,1-2H3,(H,19,21)(H,20,22). The summed E-state index contributed by atoms with van der Waals surface area (Å²) >= 11 is 6.13. The van der Waals surface area contributed by atoms with E-state index >= 15 is 0 Å². The van der Waals surface area contributed by atoms with Gasteiger partial charge in [-0.25, -0.2) is 0 Å². The number of carbonyl (C=O) groups excluding carboxylic acids is 1. The fourth-order valence-electron chi connectivity index (χ4n) is 2.94. The van der Waals surface area contributed by atoms with E-state index in [1.54, 1.807) is 0 Å². The lowest BCUT2D eigenvalue weighted by Crippen LogP contribution is -2.41. The van der Waals surface area contributed by atoms with Crippen molar-refractivity contribution in [3.8, 4) is 5.75 Å². The Hall–Kier alpha value is -2.01. The van der Waals surface area contributed by atoms with Crippen LogP contribution in [0.3, 0.4) is 0 Å².